The molecule has 0 aliphatic carbocycles. The molecule has 0 aliphatic heterocycles. The van der Waals surface area contributed by atoms with Crippen molar-refractivity contribution in [1.82, 2.24) is 5.32 Å². The van der Waals surface area contributed by atoms with Gasteiger partial charge in [0.25, 0.3) is 0 Å². The molecule has 1 nitrogen and oxygen atoms in total. The van der Waals surface area contributed by atoms with Crippen molar-refractivity contribution in [3.8, 4) is 0 Å². The van der Waals surface area contributed by atoms with Crippen LogP contribution in [0.15, 0.2) is 24.3 Å². The predicted molar refractivity (Wildman–Crippen MR) is 66.9 cm³/mol. The normalized spacial score (nSPS) is 16.8. The second-order valence-corrected chi connectivity index (χ2v) is 4.62. The highest BCUT2D eigenvalue weighted by molar-refractivity contribution is 5.19. The van der Waals surface area contributed by atoms with Gasteiger partial charge in [0.2, 0.25) is 0 Å². The van der Waals surface area contributed by atoms with Crippen LogP contribution in [0.1, 0.15) is 45.7 Å². The Morgan fingerprint density at radius 1 is 1.25 bits per heavy atom. The molecular formula is C14H22FN. The summed E-state index contributed by atoms with van der Waals surface area (Å²) in [5, 5.41) is 3.51. The van der Waals surface area contributed by atoms with E-state index in [1.807, 2.05) is 6.07 Å². The van der Waals surface area contributed by atoms with E-state index in [1.165, 1.54) is 6.07 Å². The van der Waals surface area contributed by atoms with Crippen LogP contribution in [0.2, 0.25) is 0 Å². The lowest BCUT2D eigenvalue weighted by molar-refractivity contribution is 0.360. The van der Waals surface area contributed by atoms with Gasteiger partial charge in [-0.2, -0.15) is 0 Å². The summed E-state index contributed by atoms with van der Waals surface area (Å²) in [7, 11) is 0. The van der Waals surface area contributed by atoms with Crippen molar-refractivity contribution in [3.63, 3.8) is 0 Å². The average molecular weight is 223 g/mol. The smallest absolute Gasteiger partial charge is 0.123 e. The van der Waals surface area contributed by atoms with Gasteiger partial charge in [-0.1, -0.05) is 32.4 Å². The molecule has 0 aliphatic rings. The van der Waals surface area contributed by atoms with E-state index in [9.17, 15) is 4.39 Å². The first-order chi connectivity index (χ1) is 7.54. The zero-order valence-electron chi connectivity index (χ0n) is 10.6. The third-order valence-corrected chi connectivity index (χ3v) is 3.36. The molecule has 0 heterocycles. The Hall–Kier alpha value is -0.890. The predicted octanol–water partition coefficient (Wildman–Crippen LogP) is 3.91. The van der Waals surface area contributed by atoms with Crippen LogP contribution in [0, 0.1) is 11.7 Å². The van der Waals surface area contributed by atoms with E-state index < -0.39 is 0 Å². The first-order valence-electron chi connectivity index (χ1n) is 6.06. The third kappa shape index (κ3) is 3.60. The van der Waals surface area contributed by atoms with E-state index in [0.717, 1.165) is 12.0 Å². The molecule has 16 heavy (non-hydrogen) atoms. The molecule has 0 radical (unpaired) electrons. The summed E-state index contributed by atoms with van der Waals surface area (Å²) >= 11 is 0. The second-order valence-electron chi connectivity index (χ2n) is 4.62. The minimum absolute atomic E-state index is 0.164. The van der Waals surface area contributed by atoms with Crippen molar-refractivity contribution in [2.75, 3.05) is 0 Å². The maximum absolute atomic E-state index is 13.1. The van der Waals surface area contributed by atoms with Crippen LogP contribution in [-0.4, -0.2) is 6.04 Å². The SMILES string of the molecule is CCC(C)C(C)N[C@@H](C)c1cccc(F)c1. The zero-order valence-corrected chi connectivity index (χ0v) is 10.6. The highest BCUT2D eigenvalue weighted by Crippen LogP contribution is 2.16. The standard InChI is InChI=1S/C14H22FN/c1-5-10(2)11(3)16-12(4)13-7-6-8-14(15)9-13/h6-12,16H,5H2,1-4H3/t10?,11?,12-/m0/s1. The van der Waals surface area contributed by atoms with E-state index in [-0.39, 0.29) is 11.9 Å². The summed E-state index contributed by atoms with van der Waals surface area (Å²) in [6.45, 7) is 8.68. The quantitative estimate of drug-likeness (QED) is 0.798. The van der Waals surface area contributed by atoms with Crippen LogP contribution < -0.4 is 5.32 Å². The fourth-order valence-electron chi connectivity index (χ4n) is 1.78. The summed E-state index contributed by atoms with van der Waals surface area (Å²) in [5.74, 6) is 0.471. The van der Waals surface area contributed by atoms with Crippen molar-refractivity contribution in [2.45, 2.75) is 46.2 Å². The van der Waals surface area contributed by atoms with Crippen molar-refractivity contribution in [2.24, 2.45) is 5.92 Å². The number of halogens is 1. The van der Waals surface area contributed by atoms with Gasteiger partial charge in [0.1, 0.15) is 5.82 Å². The van der Waals surface area contributed by atoms with Crippen LogP contribution >= 0.6 is 0 Å². The molecule has 2 unspecified atom stereocenters. The van der Waals surface area contributed by atoms with Gasteiger partial charge in [0, 0.05) is 12.1 Å². The molecule has 90 valence electrons. The maximum Gasteiger partial charge on any atom is 0.123 e. The number of nitrogens with one attached hydrogen (secondary N) is 1. The Morgan fingerprint density at radius 2 is 1.94 bits per heavy atom. The summed E-state index contributed by atoms with van der Waals surface area (Å²) < 4.78 is 13.1. The average Bonchev–Trinajstić information content (AvgIpc) is 2.27. The van der Waals surface area contributed by atoms with Gasteiger partial charge in [-0.25, -0.2) is 4.39 Å². The van der Waals surface area contributed by atoms with E-state index in [1.54, 1.807) is 12.1 Å². The van der Waals surface area contributed by atoms with Gasteiger partial charge in [0.05, 0.1) is 0 Å². The monoisotopic (exact) mass is 223 g/mol. The number of hydrogen-bond donors (Lipinski definition) is 1. The van der Waals surface area contributed by atoms with Crippen molar-refractivity contribution < 1.29 is 4.39 Å². The van der Waals surface area contributed by atoms with Crippen LogP contribution in [0.5, 0.6) is 0 Å². The molecular weight excluding hydrogens is 201 g/mol. The largest absolute Gasteiger partial charge is 0.307 e. The summed E-state index contributed by atoms with van der Waals surface area (Å²) in [4.78, 5) is 0. The van der Waals surface area contributed by atoms with Gasteiger partial charge in [-0.3, -0.25) is 0 Å². The Morgan fingerprint density at radius 3 is 2.50 bits per heavy atom. The van der Waals surface area contributed by atoms with Crippen molar-refractivity contribution in [3.05, 3.63) is 35.6 Å². The number of hydrogen-bond acceptors (Lipinski definition) is 1. The van der Waals surface area contributed by atoms with E-state index in [2.05, 4.69) is 33.0 Å². The molecule has 0 aromatic heterocycles. The highest BCUT2D eigenvalue weighted by Gasteiger charge is 2.14. The van der Waals surface area contributed by atoms with Gasteiger partial charge >= 0.3 is 0 Å². The minimum Gasteiger partial charge on any atom is -0.307 e. The number of benzene rings is 1. The maximum atomic E-state index is 13.1. The number of rotatable bonds is 5. The topological polar surface area (TPSA) is 12.0 Å². The van der Waals surface area contributed by atoms with E-state index in [4.69, 9.17) is 0 Å². The van der Waals surface area contributed by atoms with Crippen LogP contribution in [0.25, 0.3) is 0 Å². The molecule has 0 saturated carbocycles. The molecule has 3 atom stereocenters. The molecule has 1 aromatic rings. The fraction of sp³-hybridized carbons (Fsp3) is 0.571. The second kappa shape index (κ2) is 6.00. The van der Waals surface area contributed by atoms with Crippen LogP contribution in [0.3, 0.4) is 0 Å². The van der Waals surface area contributed by atoms with Crippen molar-refractivity contribution >= 4 is 0 Å². The Balaban J connectivity index is 2.61. The summed E-state index contributed by atoms with van der Waals surface area (Å²) in [6, 6.07) is 7.44. The fourth-order valence-corrected chi connectivity index (χ4v) is 1.78. The van der Waals surface area contributed by atoms with Crippen LogP contribution in [-0.2, 0) is 0 Å². The molecule has 0 spiro atoms. The summed E-state index contributed by atoms with van der Waals surface area (Å²) in [6.07, 6.45) is 1.16. The van der Waals surface area contributed by atoms with Gasteiger partial charge in [-0.15, -0.1) is 0 Å². The first kappa shape index (κ1) is 13.2. The van der Waals surface area contributed by atoms with Crippen LogP contribution in [0.4, 0.5) is 4.39 Å². The van der Waals surface area contributed by atoms with E-state index in [0.29, 0.717) is 12.0 Å². The molecule has 0 fully saturated rings. The highest BCUT2D eigenvalue weighted by atomic mass is 19.1. The van der Waals surface area contributed by atoms with Gasteiger partial charge in [-0.05, 0) is 37.5 Å². The lowest BCUT2D eigenvalue weighted by Gasteiger charge is -2.24. The zero-order chi connectivity index (χ0) is 12.1. The Bertz CT molecular complexity index is 324. The lowest BCUT2D eigenvalue weighted by atomic mass is 9.99. The van der Waals surface area contributed by atoms with Crippen molar-refractivity contribution in [1.29, 1.82) is 0 Å². The lowest BCUT2D eigenvalue weighted by Crippen LogP contribution is -2.33. The third-order valence-electron chi connectivity index (χ3n) is 3.36. The molecule has 1 rings (SSSR count). The minimum atomic E-state index is -0.164. The van der Waals surface area contributed by atoms with Gasteiger partial charge < -0.3 is 5.32 Å². The summed E-state index contributed by atoms with van der Waals surface area (Å²) in [5.41, 5.74) is 1.01. The molecule has 0 saturated heterocycles. The molecule has 0 amide bonds. The Kier molecular flexibility index (Phi) is 4.94. The van der Waals surface area contributed by atoms with Gasteiger partial charge in [0.15, 0.2) is 0 Å². The Labute approximate surface area is 98.1 Å². The molecule has 1 N–H and O–H groups in total. The first-order valence-corrected chi connectivity index (χ1v) is 6.06. The molecule has 1 aromatic carbocycles. The molecule has 0 bridgehead atoms. The van der Waals surface area contributed by atoms with E-state index >= 15 is 0 Å². The molecule has 2 heteroatoms.